The third-order valence-corrected chi connectivity index (χ3v) is 4.17. The summed E-state index contributed by atoms with van der Waals surface area (Å²) in [6.07, 6.45) is -0.739. The van der Waals surface area contributed by atoms with E-state index in [-0.39, 0.29) is 43.1 Å². The quantitative estimate of drug-likeness (QED) is 0.307. The third kappa shape index (κ3) is 7.21. The normalized spacial score (nSPS) is 12.2. The number of halogens is 2. The molecule has 5 nitrogen and oxygen atoms in total. The molecule has 0 aliphatic carbocycles. The molecule has 25 heavy (non-hydrogen) atoms. The lowest BCUT2D eigenvalue weighted by atomic mass is 10.1. The maximum absolute atomic E-state index is 9.97. The number of ether oxygens (including phenoxy) is 1. The molecule has 0 fully saturated rings. The molecule has 2 rings (SSSR count). The molecule has 0 heterocycles. The van der Waals surface area contributed by atoms with Crippen LogP contribution in [0.5, 0.6) is 5.75 Å². The zero-order chi connectivity index (χ0) is 17.5. The van der Waals surface area contributed by atoms with Crippen molar-refractivity contribution in [3.05, 3.63) is 58.1 Å². The van der Waals surface area contributed by atoms with E-state index in [9.17, 15) is 5.11 Å². The van der Waals surface area contributed by atoms with Gasteiger partial charge >= 0.3 is 0 Å². The van der Waals surface area contributed by atoms with Crippen LogP contribution in [0.1, 0.15) is 11.1 Å². The predicted octanol–water partition coefficient (Wildman–Crippen LogP) is 3.85. The molecule has 0 aromatic heterocycles. The number of nitrogens with two attached hydrogens (primary N) is 1. The molecule has 0 saturated carbocycles. The molecule has 0 saturated heterocycles. The Morgan fingerprint density at radius 3 is 2.64 bits per heavy atom. The van der Waals surface area contributed by atoms with E-state index in [2.05, 4.69) is 33.2 Å². The number of hydrogen-bond acceptors (Lipinski definition) is 3. The molecule has 7 heteroatoms. The molecule has 0 amide bonds. The smallest absolute Gasteiger partial charge is 0.193 e. The van der Waals surface area contributed by atoms with E-state index < -0.39 is 6.10 Å². The molecule has 136 valence electrons. The number of aliphatic hydroxyl groups is 1. The highest BCUT2D eigenvalue weighted by Crippen LogP contribution is 2.23. The Labute approximate surface area is 173 Å². The molecule has 2 aromatic carbocycles. The molecule has 0 aliphatic heterocycles. The summed E-state index contributed by atoms with van der Waals surface area (Å²) in [6, 6.07) is 13.4. The van der Waals surface area contributed by atoms with Crippen LogP contribution < -0.4 is 15.8 Å². The Morgan fingerprint density at radius 1 is 1.24 bits per heavy atom. The van der Waals surface area contributed by atoms with Gasteiger partial charge in [0.25, 0.3) is 0 Å². The minimum atomic E-state index is -0.739. The maximum Gasteiger partial charge on any atom is 0.193 e. The van der Waals surface area contributed by atoms with Crippen molar-refractivity contribution in [1.29, 1.82) is 0 Å². The summed E-state index contributed by atoms with van der Waals surface area (Å²) in [5.41, 5.74) is 9.12. The molecule has 4 N–H and O–H groups in total. The van der Waals surface area contributed by atoms with Gasteiger partial charge in [-0.2, -0.15) is 0 Å². The molecule has 2 aromatic rings. The van der Waals surface area contributed by atoms with Gasteiger partial charge in [-0.3, -0.25) is 4.99 Å². The number of anilines is 1. The van der Waals surface area contributed by atoms with Gasteiger partial charge in [0.1, 0.15) is 18.5 Å². The van der Waals surface area contributed by atoms with E-state index in [1.165, 1.54) is 11.1 Å². The van der Waals surface area contributed by atoms with Crippen LogP contribution in [0.25, 0.3) is 0 Å². The Kier molecular flexibility index (Phi) is 9.23. The number of aliphatic imine (C=N–C) groups is 1. The summed E-state index contributed by atoms with van der Waals surface area (Å²) in [6.45, 7) is 4.39. The second kappa shape index (κ2) is 10.6. The van der Waals surface area contributed by atoms with Crippen molar-refractivity contribution in [2.75, 3.05) is 18.5 Å². The van der Waals surface area contributed by atoms with Gasteiger partial charge in [0.15, 0.2) is 5.96 Å². The standard InChI is InChI=1S/C18H22BrN3O2.HI/c1-12-7-8-14(9-13(12)2)22-18(20)21-10-15(23)11-24-17-6-4-3-5-16(17)19;/h3-9,15,23H,10-11H2,1-2H3,(H3,20,21,22);1H. The van der Waals surface area contributed by atoms with Gasteiger partial charge in [-0.25, -0.2) is 0 Å². The van der Waals surface area contributed by atoms with E-state index in [0.717, 1.165) is 10.2 Å². The summed E-state index contributed by atoms with van der Waals surface area (Å²) in [7, 11) is 0. The molecule has 1 unspecified atom stereocenters. The van der Waals surface area contributed by atoms with Crippen molar-refractivity contribution in [2.45, 2.75) is 20.0 Å². The fraction of sp³-hybridized carbons (Fsp3) is 0.278. The first-order chi connectivity index (χ1) is 11.5. The fourth-order valence-corrected chi connectivity index (χ4v) is 2.41. The van der Waals surface area contributed by atoms with Crippen molar-refractivity contribution < 1.29 is 9.84 Å². The van der Waals surface area contributed by atoms with E-state index in [0.29, 0.717) is 5.75 Å². The summed E-state index contributed by atoms with van der Waals surface area (Å²) >= 11 is 3.39. The summed E-state index contributed by atoms with van der Waals surface area (Å²) < 4.78 is 6.39. The van der Waals surface area contributed by atoms with Crippen molar-refractivity contribution in [3.8, 4) is 5.75 Å². The number of rotatable bonds is 6. The van der Waals surface area contributed by atoms with Gasteiger partial charge in [0.2, 0.25) is 0 Å². The van der Waals surface area contributed by atoms with Crippen LogP contribution in [0.15, 0.2) is 51.9 Å². The Morgan fingerprint density at radius 2 is 1.96 bits per heavy atom. The maximum atomic E-state index is 9.97. The molecule has 0 bridgehead atoms. The molecular formula is C18H23BrIN3O2. The first-order valence-electron chi connectivity index (χ1n) is 7.65. The van der Waals surface area contributed by atoms with E-state index in [4.69, 9.17) is 10.5 Å². The van der Waals surface area contributed by atoms with Gasteiger partial charge < -0.3 is 20.9 Å². The second-order valence-corrected chi connectivity index (χ2v) is 6.40. The van der Waals surface area contributed by atoms with Gasteiger partial charge in [0, 0.05) is 5.69 Å². The predicted molar refractivity (Wildman–Crippen MR) is 117 cm³/mol. The van der Waals surface area contributed by atoms with Gasteiger partial charge in [0.05, 0.1) is 11.0 Å². The number of benzene rings is 2. The van der Waals surface area contributed by atoms with E-state index >= 15 is 0 Å². The SMILES string of the molecule is Cc1ccc(NC(N)=NCC(O)COc2ccccc2Br)cc1C.I. The van der Waals surface area contributed by atoms with Gasteiger partial charge in [-0.1, -0.05) is 18.2 Å². The van der Waals surface area contributed by atoms with Crippen LogP contribution >= 0.6 is 39.9 Å². The third-order valence-electron chi connectivity index (χ3n) is 3.52. The van der Waals surface area contributed by atoms with Crippen molar-refractivity contribution in [3.63, 3.8) is 0 Å². The van der Waals surface area contributed by atoms with Crippen LogP contribution in [0.3, 0.4) is 0 Å². The van der Waals surface area contributed by atoms with Crippen molar-refractivity contribution in [2.24, 2.45) is 10.7 Å². The van der Waals surface area contributed by atoms with Crippen molar-refractivity contribution in [1.82, 2.24) is 0 Å². The fourth-order valence-electron chi connectivity index (χ4n) is 2.01. The number of guanidine groups is 1. The van der Waals surface area contributed by atoms with Crippen LogP contribution in [-0.2, 0) is 0 Å². The Hall–Kier alpha value is -1.32. The molecule has 1 atom stereocenters. The summed E-state index contributed by atoms with van der Waals surface area (Å²) in [5, 5.41) is 13.0. The number of nitrogens with zero attached hydrogens (tertiary/aromatic N) is 1. The average molecular weight is 520 g/mol. The second-order valence-electron chi connectivity index (χ2n) is 5.55. The lowest BCUT2D eigenvalue weighted by molar-refractivity contribution is 0.114. The van der Waals surface area contributed by atoms with Crippen LogP contribution in [-0.4, -0.2) is 30.3 Å². The molecule has 0 spiro atoms. The Balaban J connectivity index is 0.00000312. The summed E-state index contributed by atoms with van der Waals surface area (Å²) in [4.78, 5) is 4.15. The van der Waals surface area contributed by atoms with E-state index in [1.54, 1.807) is 0 Å². The first-order valence-corrected chi connectivity index (χ1v) is 8.44. The molecular weight excluding hydrogens is 497 g/mol. The highest BCUT2D eigenvalue weighted by atomic mass is 127. The lowest BCUT2D eigenvalue weighted by Gasteiger charge is -2.12. The number of nitrogens with one attached hydrogen (secondary N) is 1. The highest BCUT2D eigenvalue weighted by molar-refractivity contribution is 14.0. The van der Waals surface area contributed by atoms with E-state index in [1.807, 2.05) is 49.4 Å². The Bertz CT molecular complexity index is 725. The number of para-hydroxylation sites is 1. The monoisotopic (exact) mass is 519 g/mol. The molecule has 0 aliphatic rings. The summed E-state index contributed by atoms with van der Waals surface area (Å²) in [5.74, 6) is 0.944. The zero-order valence-corrected chi connectivity index (χ0v) is 18.1. The topological polar surface area (TPSA) is 79.9 Å². The number of aliphatic hydroxyl groups excluding tert-OH is 1. The molecule has 0 radical (unpaired) electrons. The van der Waals surface area contributed by atoms with Gasteiger partial charge in [-0.05, 0) is 65.2 Å². The zero-order valence-electron chi connectivity index (χ0n) is 14.2. The number of hydrogen-bond donors (Lipinski definition) is 3. The minimum Gasteiger partial charge on any atom is -0.490 e. The first kappa shape index (κ1) is 21.7. The average Bonchev–Trinajstić information content (AvgIpc) is 2.55. The number of aryl methyl sites for hydroxylation is 2. The largest absolute Gasteiger partial charge is 0.490 e. The van der Waals surface area contributed by atoms with Crippen molar-refractivity contribution >= 4 is 51.6 Å². The minimum absolute atomic E-state index is 0. The highest BCUT2D eigenvalue weighted by Gasteiger charge is 2.07. The van der Waals surface area contributed by atoms with Crippen LogP contribution in [0.4, 0.5) is 5.69 Å². The van der Waals surface area contributed by atoms with Gasteiger partial charge in [-0.15, -0.1) is 24.0 Å². The van der Waals surface area contributed by atoms with Crippen LogP contribution in [0.2, 0.25) is 0 Å². The lowest BCUT2D eigenvalue weighted by Crippen LogP contribution is -2.27. The van der Waals surface area contributed by atoms with Crippen LogP contribution in [0, 0.1) is 13.8 Å².